The van der Waals surface area contributed by atoms with E-state index in [-0.39, 0.29) is 11.5 Å². The monoisotopic (exact) mass is 445 g/mol. The normalized spacial score (nSPS) is 19.0. The molecular weight excluding hydrogens is 418 g/mol. The Kier molecular flexibility index (Phi) is 6.06. The van der Waals surface area contributed by atoms with E-state index < -0.39 is 22.0 Å². The second kappa shape index (κ2) is 8.76. The molecule has 0 unspecified atom stereocenters. The maximum absolute atomic E-state index is 13.1. The highest BCUT2D eigenvalue weighted by atomic mass is 32.2. The van der Waals surface area contributed by atoms with Crippen LogP contribution in [0.25, 0.3) is 0 Å². The number of hydrogen-bond donors (Lipinski definition) is 1. The Balaban J connectivity index is 1.58. The average molecular weight is 446 g/mol. The minimum absolute atomic E-state index is 0.0753. The number of amides is 1. The topological polar surface area (TPSA) is 88.2 Å². The van der Waals surface area contributed by atoms with Gasteiger partial charge in [-0.2, -0.15) is 4.31 Å². The van der Waals surface area contributed by atoms with Crippen molar-refractivity contribution in [1.29, 1.82) is 0 Å². The molecule has 2 heterocycles. The molecule has 1 atom stereocenters. The summed E-state index contributed by atoms with van der Waals surface area (Å²) in [5, 5.41) is 2.84. The van der Waals surface area contributed by atoms with Crippen LogP contribution < -0.4 is 19.7 Å². The molecule has 2 aromatic carbocycles. The van der Waals surface area contributed by atoms with Crippen LogP contribution >= 0.6 is 0 Å². The van der Waals surface area contributed by atoms with E-state index in [1.165, 1.54) is 10.4 Å². The van der Waals surface area contributed by atoms with Gasteiger partial charge < -0.3 is 19.7 Å². The Morgan fingerprint density at radius 2 is 1.77 bits per heavy atom. The van der Waals surface area contributed by atoms with Gasteiger partial charge in [0.15, 0.2) is 11.5 Å². The van der Waals surface area contributed by atoms with Crippen LogP contribution in [0.3, 0.4) is 0 Å². The number of para-hydroxylation sites is 2. The van der Waals surface area contributed by atoms with Crippen LogP contribution in [0.2, 0.25) is 0 Å². The van der Waals surface area contributed by atoms with Gasteiger partial charge in [-0.15, -0.1) is 0 Å². The molecule has 1 amide bonds. The minimum Gasteiger partial charge on any atom is -0.485 e. The smallest absolute Gasteiger partial charge is 0.269 e. The van der Waals surface area contributed by atoms with E-state index in [1.807, 2.05) is 31.1 Å². The molecule has 4 rings (SSSR count). The van der Waals surface area contributed by atoms with Gasteiger partial charge in [0.25, 0.3) is 5.91 Å². The molecule has 2 aliphatic heterocycles. The zero-order chi connectivity index (χ0) is 22.0. The Labute approximate surface area is 182 Å². The summed E-state index contributed by atoms with van der Waals surface area (Å²) < 4.78 is 39.1. The fourth-order valence-corrected chi connectivity index (χ4v) is 5.33. The molecule has 31 heavy (non-hydrogen) atoms. The molecule has 0 bridgehead atoms. The van der Waals surface area contributed by atoms with Gasteiger partial charge in [-0.05, 0) is 43.2 Å². The van der Waals surface area contributed by atoms with Crippen molar-refractivity contribution in [3.8, 4) is 11.5 Å². The number of anilines is 2. The summed E-state index contributed by atoms with van der Waals surface area (Å²) in [5.41, 5.74) is 1.11. The molecular formula is C22H27N3O5S. The first-order chi connectivity index (χ1) is 14.9. The summed E-state index contributed by atoms with van der Waals surface area (Å²) in [6.07, 6.45) is 1.92. The molecule has 1 saturated heterocycles. The summed E-state index contributed by atoms with van der Waals surface area (Å²) in [6, 6.07) is 12.0. The number of fused-ring (bicyclic) bond motifs is 1. The van der Waals surface area contributed by atoms with Crippen molar-refractivity contribution < 1.29 is 22.7 Å². The largest absolute Gasteiger partial charge is 0.485 e. The van der Waals surface area contributed by atoms with Crippen LogP contribution in [0.15, 0.2) is 47.4 Å². The Morgan fingerprint density at radius 3 is 2.48 bits per heavy atom. The number of hydrogen-bond acceptors (Lipinski definition) is 6. The lowest BCUT2D eigenvalue weighted by molar-refractivity contribution is -0.125. The Bertz CT molecular complexity index is 1060. The standard InChI is InChI=1S/C22H27N3O5S/c1-24(2)18-11-10-16(31(27,28)25-12-6-3-7-13-25)14-17(18)23-22(26)21-15-29-19-8-4-5-9-20(19)30-21/h4-5,8-11,14,21H,3,6-7,12-13,15H2,1-2H3,(H,23,26)/t21-/m0/s1. The molecule has 0 saturated carbocycles. The molecule has 9 heteroatoms. The predicted molar refractivity (Wildman–Crippen MR) is 118 cm³/mol. The quantitative estimate of drug-likeness (QED) is 0.761. The first kappa shape index (κ1) is 21.5. The highest BCUT2D eigenvalue weighted by Gasteiger charge is 2.30. The van der Waals surface area contributed by atoms with Gasteiger partial charge in [0.1, 0.15) is 6.61 Å². The van der Waals surface area contributed by atoms with E-state index in [4.69, 9.17) is 9.47 Å². The lowest BCUT2D eigenvalue weighted by atomic mass is 10.2. The van der Waals surface area contributed by atoms with Gasteiger partial charge in [0, 0.05) is 27.2 Å². The third-order valence-corrected chi connectivity index (χ3v) is 7.36. The minimum atomic E-state index is -3.62. The molecule has 0 spiro atoms. The van der Waals surface area contributed by atoms with E-state index in [1.54, 1.807) is 24.3 Å². The lowest BCUT2D eigenvalue weighted by Gasteiger charge is -2.28. The van der Waals surface area contributed by atoms with Gasteiger partial charge in [0.2, 0.25) is 16.1 Å². The van der Waals surface area contributed by atoms with Gasteiger partial charge in [-0.1, -0.05) is 18.6 Å². The Hall–Kier alpha value is -2.78. The summed E-state index contributed by atoms with van der Waals surface area (Å²) in [4.78, 5) is 14.9. The van der Waals surface area contributed by atoms with Crippen molar-refractivity contribution in [2.75, 3.05) is 44.0 Å². The third kappa shape index (κ3) is 4.47. The van der Waals surface area contributed by atoms with Crippen LogP contribution in [-0.4, -0.2) is 58.5 Å². The van der Waals surface area contributed by atoms with Crippen molar-refractivity contribution in [3.05, 3.63) is 42.5 Å². The number of ether oxygens (including phenoxy) is 2. The van der Waals surface area contributed by atoms with Gasteiger partial charge in [-0.25, -0.2) is 8.42 Å². The number of nitrogens with one attached hydrogen (secondary N) is 1. The second-order valence-electron chi connectivity index (χ2n) is 7.89. The van der Waals surface area contributed by atoms with E-state index in [9.17, 15) is 13.2 Å². The van der Waals surface area contributed by atoms with Crippen molar-refractivity contribution in [2.45, 2.75) is 30.3 Å². The fourth-order valence-electron chi connectivity index (χ4n) is 3.78. The molecule has 1 fully saturated rings. The SMILES string of the molecule is CN(C)c1ccc(S(=O)(=O)N2CCCCC2)cc1NC(=O)[C@@H]1COc2ccccc2O1. The number of rotatable bonds is 5. The van der Waals surface area contributed by atoms with Crippen LogP contribution in [-0.2, 0) is 14.8 Å². The summed E-state index contributed by atoms with van der Waals surface area (Å²) in [6.45, 7) is 1.12. The van der Waals surface area contributed by atoms with Crippen LogP contribution in [0, 0.1) is 0 Å². The van der Waals surface area contributed by atoms with E-state index in [2.05, 4.69) is 5.32 Å². The van der Waals surface area contributed by atoms with Crippen LogP contribution in [0.5, 0.6) is 11.5 Å². The van der Waals surface area contributed by atoms with Crippen LogP contribution in [0.4, 0.5) is 11.4 Å². The average Bonchev–Trinajstić information content (AvgIpc) is 2.79. The number of nitrogens with zero attached hydrogens (tertiary/aromatic N) is 2. The van der Waals surface area contributed by atoms with Crippen molar-refractivity contribution in [2.24, 2.45) is 0 Å². The van der Waals surface area contributed by atoms with E-state index >= 15 is 0 Å². The van der Waals surface area contributed by atoms with Gasteiger partial charge >= 0.3 is 0 Å². The second-order valence-corrected chi connectivity index (χ2v) is 9.83. The molecule has 0 radical (unpaired) electrons. The van der Waals surface area contributed by atoms with Crippen molar-refractivity contribution in [1.82, 2.24) is 4.31 Å². The van der Waals surface area contributed by atoms with Crippen molar-refractivity contribution >= 4 is 27.3 Å². The lowest BCUT2D eigenvalue weighted by Crippen LogP contribution is -2.40. The fraction of sp³-hybridized carbons (Fsp3) is 0.409. The van der Waals surface area contributed by atoms with E-state index in [0.29, 0.717) is 36.0 Å². The van der Waals surface area contributed by atoms with Gasteiger partial charge in [0.05, 0.1) is 16.3 Å². The molecule has 1 N–H and O–H groups in total. The third-order valence-electron chi connectivity index (χ3n) is 5.46. The number of carbonyl (C=O) groups is 1. The molecule has 0 aliphatic carbocycles. The highest BCUT2D eigenvalue weighted by molar-refractivity contribution is 7.89. The maximum Gasteiger partial charge on any atom is 0.269 e. The summed E-state index contributed by atoms with van der Waals surface area (Å²) >= 11 is 0. The molecule has 8 nitrogen and oxygen atoms in total. The molecule has 2 aromatic rings. The van der Waals surface area contributed by atoms with Crippen LogP contribution in [0.1, 0.15) is 19.3 Å². The summed E-state index contributed by atoms with van der Waals surface area (Å²) in [5.74, 6) is 0.698. The number of sulfonamides is 1. The highest BCUT2D eigenvalue weighted by Crippen LogP contribution is 2.33. The van der Waals surface area contributed by atoms with Gasteiger partial charge in [-0.3, -0.25) is 4.79 Å². The first-order valence-electron chi connectivity index (χ1n) is 10.4. The predicted octanol–water partition coefficient (Wildman–Crippen LogP) is 2.71. The molecule has 166 valence electrons. The zero-order valence-corrected chi connectivity index (χ0v) is 18.5. The van der Waals surface area contributed by atoms with Crippen molar-refractivity contribution in [3.63, 3.8) is 0 Å². The number of benzene rings is 2. The maximum atomic E-state index is 13.1. The molecule has 0 aromatic heterocycles. The summed E-state index contributed by atoms with van der Waals surface area (Å²) in [7, 11) is 0.0471. The zero-order valence-electron chi connectivity index (χ0n) is 17.7. The van der Waals surface area contributed by atoms with E-state index in [0.717, 1.165) is 19.3 Å². The number of carbonyl (C=O) groups excluding carboxylic acids is 1. The molecule has 2 aliphatic rings. The number of piperidine rings is 1. The Morgan fingerprint density at radius 1 is 1.06 bits per heavy atom. The first-order valence-corrected chi connectivity index (χ1v) is 11.8.